The molecule has 0 spiro atoms. The second-order valence-corrected chi connectivity index (χ2v) is 8.42. The van der Waals surface area contributed by atoms with Crippen molar-refractivity contribution in [3.8, 4) is 5.13 Å². The molecule has 6 rings (SSSR count). The minimum Gasteiger partial charge on any atom is -0.273 e. The van der Waals surface area contributed by atoms with E-state index in [0.29, 0.717) is 6.42 Å². The summed E-state index contributed by atoms with van der Waals surface area (Å²) in [5.74, 6) is 0.792. The van der Waals surface area contributed by atoms with Gasteiger partial charge in [-0.3, -0.25) is 4.57 Å². The van der Waals surface area contributed by atoms with E-state index in [9.17, 15) is 0 Å². The first-order valence-electron chi connectivity index (χ1n) is 9.81. The van der Waals surface area contributed by atoms with Crippen molar-refractivity contribution < 1.29 is 0 Å². The van der Waals surface area contributed by atoms with Crippen molar-refractivity contribution in [1.29, 1.82) is 0 Å². The number of benzene rings is 2. The zero-order valence-electron chi connectivity index (χ0n) is 16.6. The van der Waals surface area contributed by atoms with E-state index in [1.54, 1.807) is 22.2 Å². The fourth-order valence-electron chi connectivity index (χ4n) is 3.95. The van der Waals surface area contributed by atoms with Crippen LogP contribution in [0.4, 0.5) is 0 Å². The Bertz CT molecular complexity index is 1510. The highest BCUT2D eigenvalue weighted by Crippen LogP contribution is 2.33. The fourth-order valence-corrected chi connectivity index (χ4v) is 4.97. The number of hydrogen-bond acceptors (Lipinski definition) is 5. The lowest BCUT2D eigenvalue weighted by atomic mass is 10.1. The molecule has 0 amide bonds. The molecule has 0 saturated heterocycles. The zero-order chi connectivity index (χ0) is 20.2. The van der Waals surface area contributed by atoms with Crippen LogP contribution in [0.5, 0.6) is 0 Å². The summed E-state index contributed by atoms with van der Waals surface area (Å²) in [6.07, 6.45) is 2.45. The molecule has 0 fully saturated rings. The van der Waals surface area contributed by atoms with Crippen molar-refractivity contribution >= 4 is 38.2 Å². The fraction of sp³-hybridized carbons (Fsp3) is 0.130. The van der Waals surface area contributed by atoms with Crippen LogP contribution in [-0.4, -0.2) is 29.1 Å². The molecule has 4 heterocycles. The van der Waals surface area contributed by atoms with Gasteiger partial charge >= 0.3 is 0 Å². The lowest BCUT2D eigenvalue weighted by Gasteiger charge is -2.02. The first-order valence-corrected chi connectivity index (χ1v) is 10.6. The maximum atomic E-state index is 4.87. The maximum Gasteiger partial charge on any atom is 0.196 e. The summed E-state index contributed by atoms with van der Waals surface area (Å²) < 4.78 is 5.09. The predicted molar refractivity (Wildman–Crippen MR) is 120 cm³/mol. The second-order valence-electron chi connectivity index (χ2n) is 7.41. The maximum absolute atomic E-state index is 4.87. The van der Waals surface area contributed by atoms with Crippen LogP contribution in [-0.2, 0) is 6.42 Å². The molecule has 7 heteroatoms. The van der Waals surface area contributed by atoms with Crippen LogP contribution in [0.15, 0.2) is 60.9 Å². The highest BCUT2D eigenvalue weighted by Gasteiger charge is 2.20. The van der Waals surface area contributed by atoms with Gasteiger partial charge in [-0.1, -0.05) is 53.8 Å². The lowest BCUT2D eigenvalue weighted by Crippen LogP contribution is -1.98. The number of nitrogens with zero attached hydrogens (tertiary/aromatic N) is 6. The third-order valence-electron chi connectivity index (χ3n) is 5.56. The summed E-state index contributed by atoms with van der Waals surface area (Å²) in [7, 11) is 0. The molecule has 0 aliphatic rings. The van der Waals surface area contributed by atoms with E-state index in [4.69, 9.17) is 15.0 Å². The van der Waals surface area contributed by atoms with Crippen molar-refractivity contribution in [2.24, 2.45) is 0 Å². The van der Waals surface area contributed by atoms with E-state index in [1.807, 2.05) is 36.4 Å². The Morgan fingerprint density at radius 3 is 2.53 bits per heavy atom. The molecule has 0 unspecified atom stereocenters. The number of thiazole rings is 1. The monoisotopic (exact) mass is 410 g/mol. The van der Waals surface area contributed by atoms with Gasteiger partial charge in [-0.05, 0) is 37.1 Å². The first-order chi connectivity index (χ1) is 14.7. The Morgan fingerprint density at radius 2 is 1.70 bits per heavy atom. The quantitative estimate of drug-likeness (QED) is 0.417. The van der Waals surface area contributed by atoms with Crippen LogP contribution >= 0.6 is 11.3 Å². The van der Waals surface area contributed by atoms with Crippen molar-refractivity contribution in [2.75, 3.05) is 0 Å². The molecular weight excluding hydrogens is 392 g/mol. The minimum absolute atomic E-state index is 0.695. The molecule has 0 N–H and O–H groups in total. The summed E-state index contributed by atoms with van der Waals surface area (Å²) in [5.41, 5.74) is 6.18. The van der Waals surface area contributed by atoms with Gasteiger partial charge in [0.2, 0.25) is 0 Å². The van der Waals surface area contributed by atoms with E-state index in [-0.39, 0.29) is 0 Å². The summed E-state index contributed by atoms with van der Waals surface area (Å²) in [6, 6.07) is 18.5. The summed E-state index contributed by atoms with van der Waals surface area (Å²) in [6.45, 7) is 4.23. The Balaban J connectivity index is 1.55. The van der Waals surface area contributed by atoms with Gasteiger partial charge in [0.25, 0.3) is 0 Å². The number of aryl methyl sites for hydroxylation is 1. The molecule has 146 valence electrons. The second kappa shape index (κ2) is 6.47. The van der Waals surface area contributed by atoms with Crippen LogP contribution < -0.4 is 0 Å². The van der Waals surface area contributed by atoms with Gasteiger partial charge in [0.1, 0.15) is 6.33 Å². The van der Waals surface area contributed by atoms with Crippen LogP contribution in [0.3, 0.4) is 0 Å². The predicted octanol–water partition coefficient (Wildman–Crippen LogP) is 4.89. The van der Waals surface area contributed by atoms with Gasteiger partial charge in [-0.25, -0.2) is 19.5 Å². The standard InChI is InChI=1S/C23H18N6S/c1-14-15(2)29(23-25-17-10-6-7-11-18(17)30-23)21-20(14)22-26-19(27-28(22)13-24-21)12-16-8-4-3-5-9-16/h3-11,13H,12H2,1-2H3. The van der Waals surface area contributed by atoms with Crippen LogP contribution in [0.2, 0.25) is 0 Å². The van der Waals surface area contributed by atoms with Crippen molar-refractivity contribution in [3.63, 3.8) is 0 Å². The molecule has 2 aromatic carbocycles. The smallest absolute Gasteiger partial charge is 0.196 e. The number of rotatable bonds is 3. The molecule has 0 atom stereocenters. The summed E-state index contributed by atoms with van der Waals surface area (Å²) in [5, 5.41) is 6.62. The first kappa shape index (κ1) is 17.3. The molecule has 0 bridgehead atoms. The van der Waals surface area contributed by atoms with Gasteiger partial charge in [0.05, 0.1) is 15.6 Å². The highest BCUT2D eigenvalue weighted by molar-refractivity contribution is 7.20. The SMILES string of the molecule is Cc1c(C)n(-c2nc3ccccc3s2)c2ncn3nc(Cc4ccccc4)nc3c12. The van der Waals surface area contributed by atoms with Gasteiger partial charge in [-0.2, -0.15) is 0 Å². The van der Waals surface area contributed by atoms with Crippen molar-refractivity contribution in [2.45, 2.75) is 20.3 Å². The topological polar surface area (TPSA) is 60.9 Å². The van der Waals surface area contributed by atoms with Crippen LogP contribution in [0.1, 0.15) is 22.6 Å². The molecule has 0 aliphatic carbocycles. The van der Waals surface area contributed by atoms with E-state index >= 15 is 0 Å². The lowest BCUT2D eigenvalue weighted by molar-refractivity contribution is 0.879. The number of aromatic nitrogens is 6. The molecular formula is C23H18N6S. The summed E-state index contributed by atoms with van der Waals surface area (Å²) in [4.78, 5) is 14.5. The molecule has 30 heavy (non-hydrogen) atoms. The Labute approximate surface area is 176 Å². The van der Waals surface area contributed by atoms with Gasteiger partial charge < -0.3 is 0 Å². The van der Waals surface area contributed by atoms with E-state index < -0.39 is 0 Å². The number of fused-ring (bicyclic) bond motifs is 4. The Kier molecular flexibility index (Phi) is 3.73. The molecule has 4 aromatic heterocycles. The van der Waals surface area contributed by atoms with Gasteiger partial charge in [0.15, 0.2) is 22.3 Å². The molecule has 0 saturated carbocycles. The normalized spacial score (nSPS) is 11.8. The van der Waals surface area contributed by atoms with Gasteiger partial charge in [0, 0.05) is 12.1 Å². The average Bonchev–Trinajstić information content (AvgIpc) is 3.43. The molecule has 0 radical (unpaired) electrons. The number of hydrogen-bond donors (Lipinski definition) is 0. The Hall–Kier alpha value is -3.58. The minimum atomic E-state index is 0.695. The zero-order valence-corrected chi connectivity index (χ0v) is 17.4. The van der Waals surface area contributed by atoms with Gasteiger partial charge in [-0.15, -0.1) is 5.10 Å². The third-order valence-corrected chi connectivity index (χ3v) is 6.58. The summed E-state index contributed by atoms with van der Waals surface area (Å²) >= 11 is 1.67. The van der Waals surface area contributed by atoms with Crippen molar-refractivity contribution in [1.82, 2.24) is 29.1 Å². The largest absolute Gasteiger partial charge is 0.273 e. The van der Waals surface area contributed by atoms with Crippen molar-refractivity contribution in [3.05, 3.63) is 83.6 Å². The molecule has 6 aromatic rings. The average molecular weight is 411 g/mol. The van der Waals surface area contributed by atoms with Crippen LogP contribution in [0, 0.1) is 13.8 Å². The molecule has 0 aliphatic heterocycles. The Morgan fingerprint density at radius 1 is 0.900 bits per heavy atom. The van der Waals surface area contributed by atoms with Crippen LogP contribution in [0.25, 0.3) is 32.0 Å². The number of para-hydroxylation sites is 1. The van der Waals surface area contributed by atoms with E-state index in [1.165, 1.54) is 10.3 Å². The third kappa shape index (κ3) is 2.55. The highest BCUT2D eigenvalue weighted by atomic mass is 32.1. The van der Waals surface area contributed by atoms with E-state index in [0.717, 1.165) is 44.4 Å². The molecule has 6 nitrogen and oxygen atoms in total. The van der Waals surface area contributed by atoms with E-state index in [2.05, 4.69) is 41.7 Å².